The van der Waals surface area contributed by atoms with Gasteiger partial charge in [-0.3, -0.25) is 4.79 Å². The van der Waals surface area contributed by atoms with E-state index < -0.39 is 0 Å². The van der Waals surface area contributed by atoms with Crippen LogP contribution in [-0.2, 0) is 11.3 Å². The molecule has 1 unspecified atom stereocenters. The maximum absolute atomic E-state index is 12.1. The van der Waals surface area contributed by atoms with Crippen molar-refractivity contribution < 1.29 is 4.79 Å². The number of nitrogens with zero attached hydrogens (tertiary/aromatic N) is 3. The molecule has 156 valence electrons. The van der Waals surface area contributed by atoms with E-state index >= 15 is 0 Å². The normalized spacial score (nSPS) is 19.9. The molecule has 0 aliphatic carbocycles. The summed E-state index contributed by atoms with van der Waals surface area (Å²) in [7, 11) is 2.15. The van der Waals surface area contributed by atoms with E-state index in [1.54, 1.807) is 0 Å². The standard InChI is InChI=1S/C17H27N5OS.3ClH/c1-21-5-7-22(8-6-21)16-10-14(2-3-19-16)12-20-17(23)11-15-13-24-9-4-18-15;;;/h2-3,10,15,18H,4-9,11-13H2,1H3,(H,20,23);3*1H. The molecule has 1 aromatic rings. The van der Waals surface area contributed by atoms with E-state index in [0.29, 0.717) is 19.0 Å². The van der Waals surface area contributed by atoms with Crippen molar-refractivity contribution in [3.63, 3.8) is 0 Å². The fraction of sp³-hybridized carbons (Fsp3) is 0.647. The molecule has 6 nitrogen and oxygen atoms in total. The second-order valence-corrected chi connectivity index (χ2v) is 7.67. The highest BCUT2D eigenvalue weighted by Crippen LogP contribution is 2.15. The highest BCUT2D eigenvalue weighted by atomic mass is 35.5. The van der Waals surface area contributed by atoms with E-state index in [4.69, 9.17) is 0 Å². The fourth-order valence-corrected chi connectivity index (χ4v) is 3.98. The van der Waals surface area contributed by atoms with Crippen LogP contribution in [-0.4, -0.2) is 73.1 Å². The zero-order valence-corrected chi connectivity index (χ0v) is 18.8. The number of nitrogens with one attached hydrogen (secondary N) is 2. The number of piperazine rings is 1. The lowest BCUT2D eigenvalue weighted by molar-refractivity contribution is -0.121. The molecular weight excluding hydrogens is 429 g/mol. The van der Waals surface area contributed by atoms with Crippen LogP contribution < -0.4 is 15.5 Å². The Balaban J connectivity index is 0.00000225. The summed E-state index contributed by atoms with van der Waals surface area (Å²) in [5.74, 6) is 3.30. The van der Waals surface area contributed by atoms with Gasteiger partial charge in [-0.1, -0.05) is 0 Å². The number of carbonyl (C=O) groups is 1. The number of amides is 1. The first-order chi connectivity index (χ1) is 11.7. The van der Waals surface area contributed by atoms with Gasteiger partial charge in [0, 0.05) is 69.4 Å². The topological polar surface area (TPSA) is 60.5 Å². The van der Waals surface area contributed by atoms with E-state index in [9.17, 15) is 4.79 Å². The summed E-state index contributed by atoms with van der Waals surface area (Å²) in [5.41, 5.74) is 1.11. The Kier molecular flexibility index (Phi) is 13.5. The number of rotatable bonds is 5. The summed E-state index contributed by atoms with van der Waals surface area (Å²) in [6, 6.07) is 4.39. The maximum Gasteiger partial charge on any atom is 0.221 e. The molecule has 1 amide bonds. The average molecular weight is 459 g/mol. The van der Waals surface area contributed by atoms with Crippen LogP contribution >= 0.6 is 49.0 Å². The minimum absolute atomic E-state index is 0. The van der Waals surface area contributed by atoms with Gasteiger partial charge < -0.3 is 20.4 Å². The van der Waals surface area contributed by atoms with Crippen molar-refractivity contribution in [3.8, 4) is 0 Å². The fourth-order valence-electron chi connectivity index (χ4n) is 3.03. The lowest BCUT2D eigenvalue weighted by Gasteiger charge is -2.33. The lowest BCUT2D eigenvalue weighted by Crippen LogP contribution is -2.44. The Morgan fingerprint density at radius 2 is 2.04 bits per heavy atom. The number of pyridine rings is 1. The molecule has 0 saturated carbocycles. The highest BCUT2D eigenvalue weighted by Gasteiger charge is 2.17. The molecule has 0 aromatic carbocycles. The van der Waals surface area contributed by atoms with Crippen LogP contribution in [0.4, 0.5) is 5.82 Å². The third kappa shape index (κ3) is 8.62. The number of halogens is 3. The van der Waals surface area contributed by atoms with Crippen molar-refractivity contribution in [2.75, 3.05) is 56.2 Å². The first-order valence-electron chi connectivity index (χ1n) is 8.67. The van der Waals surface area contributed by atoms with E-state index in [2.05, 4.69) is 38.5 Å². The lowest BCUT2D eigenvalue weighted by atomic mass is 10.2. The summed E-state index contributed by atoms with van der Waals surface area (Å²) < 4.78 is 0. The monoisotopic (exact) mass is 457 g/mol. The van der Waals surface area contributed by atoms with E-state index in [0.717, 1.165) is 55.6 Å². The highest BCUT2D eigenvalue weighted by molar-refractivity contribution is 7.99. The Bertz CT molecular complexity index is 555. The first-order valence-corrected chi connectivity index (χ1v) is 9.82. The predicted molar refractivity (Wildman–Crippen MR) is 121 cm³/mol. The molecule has 1 aromatic heterocycles. The maximum atomic E-state index is 12.1. The zero-order valence-electron chi connectivity index (χ0n) is 15.6. The second kappa shape index (κ2) is 13.7. The average Bonchev–Trinajstić information content (AvgIpc) is 2.62. The molecule has 2 saturated heterocycles. The molecular formula is C17H30Cl3N5OS. The van der Waals surface area contributed by atoms with Gasteiger partial charge in [-0.25, -0.2) is 4.98 Å². The molecule has 1 atom stereocenters. The second-order valence-electron chi connectivity index (χ2n) is 6.52. The summed E-state index contributed by atoms with van der Waals surface area (Å²) in [4.78, 5) is 21.3. The zero-order chi connectivity index (χ0) is 16.8. The van der Waals surface area contributed by atoms with Crippen molar-refractivity contribution >= 4 is 60.7 Å². The molecule has 2 fully saturated rings. The van der Waals surface area contributed by atoms with Crippen molar-refractivity contribution in [1.82, 2.24) is 20.5 Å². The molecule has 3 heterocycles. The van der Waals surface area contributed by atoms with Gasteiger partial charge in [0.25, 0.3) is 0 Å². The predicted octanol–water partition coefficient (Wildman–Crippen LogP) is 1.81. The van der Waals surface area contributed by atoms with Gasteiger partial charge in [0.15, 0.2) is 0 Å². The Morgan fingerprint density at radius 3 is 2.70 bits per heavy atom. The SMILES string of the molecule is CN1CCN(c2cc(CNC(=O)CC3CSCCN3)ccn2)CC1.Cl.Cl.Cl. The Morgan fingerprint density at radius 1 is 1.30 bits per heavy atom. The molecule has 2 aliphatic rings. The quantitative estimate of drug-likeness (QED) is 0.702. The van der Waals surface area contributed by atoms with Gasteiger partial charge in [0.2, 0.25) is 5.91 Å². The van der Waals surface area contributed by atoms with Gasteiger partial charge >= 0.3 is 0 Å². The Hall–Kier alpha value is -0.440. The van der Waals surface area contributed by atoms with Crippen LogP contribution in [0, 0.1) is 0 Å². The van der Waals surface area contributed by atoms with Gasteiger partial charge in [-0.15, -0.1) is 37.2 Å². The van der Waals surface area contributed by atoms with Crippen molar-refractivity contribution in [2.45, 2.75) is 19.0 Å². The van der Waals surface area contributed by atoms with Crippen LogP contribution in [0.25, 0.3) is 0 Å². The number of hydrogen-bond acceptors (Lipinski definition) is 6. The molecule has 27 heavy (non-hydrogen) atoms. The first kappa shape index (κ1) is 26.6. The summed E-state index contributed by atoms with van der Waals surface area (Å²) in [6.45, 7) is 5.71. The largest absolute Gasteiger partial charge is 0.354 e. The van der Waals surface area contributed by atoms with Gasteiger partial charge in [-0.2, -0.15) is 11.8 Å². The molecule has 0 radical (unpaired) electrons. The van der Waals surface area contributed by atoms with Crippen LogP contribution in [0.2, 0.25) is 0 Å². The summed E-state index contributed by atoms with van der Waals surface area (Å²) in [5, 5.41) is 6.44. The van der Waals surface area contributed by atoms with Crippen LogP contribution in [0.15, 0.2) is 18.3 Å². The third-order valence-electron chi connectivity index (χ3n) is 4.56. The molecule has 0 bridgehead atoms. The van der Waals surface area contributed by atoms with Gasteiger partial charge in [-0.05, 0) is 24.7 Å². The number of anilines is 1. The number of hydrogen-bond donors (Lipinski definition) is 2. The van der Waals surface area contributed by atoms with Crippen molar-refractivity contribution in [3.05, 3.63) is 23.9 Å². The number of thioether (sulfide) groups is 1. The summed E-state index contributed by atoms with van der Waals surface area (Å²) in [6.07, 6.45) is 2.40. The molecule has 0 spiro atoms. The van der Waals surface area contributed by atoms with E-state index in [1.165, 1.54) is 0 Å². The molecule has 2 N–H and O–H groups in total. The molecule has 3 rings (SSSR count). The number of likely N-dealkylation sites (N-methyl/N-ethyl adjacent to an activating group) is 1. The van der Waals surface area contributed by atoms with Gasteiger partial charge in [0.1, 0.15) is 5.82 Å². The van der Waals surface area contributed by atoms with Gasteiger partial charge in [0.05, 0.1) is 0 Å². The van der Waals surface area contributed by atoms with Crippen LogP contribution in [0.5, 0.6) is 0 Å². The molecule has 10 heteroatoms. The van der Waals surface area contributed by atoms with E-state index in [1.807, 2.05) is 24.0 Å². The smallest absolute Gasteiger partial charge is 0.221 e. The van der Waals surface area contributed by atoms with Crippen LogP contribution in [0.3, 0.4) is 0 Å². The summed E-state index contributed by atoms with van der Waals surface area (Å²) >= 11 is 1.92. The minimum atomic E-state index is 0. The van der Waals surface area contributed by atoms with E-state index in [-0.39, 0.29) is 43.1 Å². The number of carbonyl (C=O) groups excluding carboxylic acids is 1. The van der Waals surface area contributed by atoms with Crippen molar-refractivity contribution in [1.29, 1.82) is 0 Å². The molecule has 2 aliphatic heterocycles. The van der Waals surface area contributed by atoms with Crippen molar-refractivity contribution in [2.24, 2.45) is 0 Å². The Labute approximate surface area is 184 Å². The third-order valence-corrected chi connectivity index (χ3v) is 5.69. The minimum Gasteiger partial charge on any atom is -0.354 e. The number of aromatic nitrogens is 1. The van der Waals surface area contributed by atoms with Crippen LogP contribution in [0.1, 0.15) is 12.0 Å².